The van der Waals surface area contributed by atoms with Crippen LogP contribution in [0.5, 0.6) is 0 Å². The van der Waals surface area contributed by atoms with E-state index < -0.39 is 5.97 Å². The molecule has 0 atom stereocenters. The van der Waals surface area contributed by atoms with Gasteiger partial charge in [-0.05, 0) is 26.0 Å². The summed E-state index contributed by atoms with van der Waals surface area (Å²) in [5.41, 5.74) is 2.89. The second-order valence-electron chi connectivity index (χ2n) is 5.27. The minimum Gasteiger partial charge on any atom is -0.460 e. The van der Waals surface area contributed by atoms with E-state index in [-0.39, 0.29) is 13.0 Å². The van der Waals surface area contributed by atoms with Crippen LogP contribution >= 0.6 is 23.2 Å². The zero-order valence-electron chi connectivity index (χ0n) is 13.1. The number of hydrogen-bond donors (Lipinski definition) is 0. The highest BCUT2D eigenvalue weighted by molar-refractivity contribution is 6.35. The first kappa shape index (κ1) is 16.7. The number of benzene rings is 1. The van der Waals surface area contributed by atoms with Crippen LogP contribution in [0.4, 0.5) is 0 Å². The van der Waals surface area contributed by atoms with Gasteiger partial charge >= 0.3 is 5.97 Å². The number of fused-ring (bicyclic) bond motifs is 1. The lowest BCUT2D eigenvalue weighted by atomic mass is 10.1. The average molecular weight is 365 g/mol. The largest absolute Gasteiger partial charge is 0.460 e. The second kappa shape index (κ2) is 6.75. The third kappa shape index (κ3) is 3.20. The summed E-state index contributed by atoms with van der Waals surface area (Å²) in [6.07, 6.45) is 1.51. The predicted octanol–water partition coefficient (Wildman–Crippen LogP) is 3.33. The highest BCUT2D eigenvalue weighted by Gasteiger charge is 2.16. The highest BCUT2D eigenvalue weighted by Crippen LogP contribution is 2.25. The van der Waals surface area contributed by atoms with Gasteiger partial charge in [0.2, 0.25) is 0 Å². The lowest BCUT2D eigenvalue weighted by Crippen LogP contribution is -2.13. The molecule has 0 saturated carbocycles. The molecule has 24 heavy (non-hydrogen) atoms. The van der Waals surface area contributed by atoms with Gasteiger partial charge in [0, 0.05) is 32.6 Å². The summed E-state index contributed by atoms with van der Waals surface area (Å²) in [7, 11) is 0. The van der Waals surface area contributed by atoms with Crippen molar-refractivity contribution in [3.05, 3.63) is 57.1 Å². The van der Waals surface area contributed by atoms with E-state index in [4.69, 9.17) is 27.9 Å². The van der Waals surface area contributed by atoms with Gasteiger partial charge in [0.05, 0.1) is 6.42 Å². The third-order valence-corrected chi connectivity index (χ3v) is 4.46. The maximum Gasteiger partial charge on any atom is 0.310 e. The van der Waals surface area contributed by atoms with Crippen LogP contribution in [0.25, 0.3) is 5.78 Å². The Hall–Kier alpha value is -2.18. The molecule has 1 aromatic carbocycles. The van der Waals surface area contributed by atoms with E-state index in [0.29, 0.717) is 21.4 Å². The number of aromatic nitrogens is 4. The number of ether oxygens (including phenoxy) is 1. The molecule has 0 aliphatic rings. The van der Waals surface area contributed by atoms with Crippen molar-refractivity contribution in [1.29, 1.82) is 0 Å². The molecule has 124 valence electrons. The van der Waals surface area contributed by atoms with Crippen molar-refractivity contribution in [3.8, 4) is 0 Å². The van der Waals surface area contributed by atoms with Crippen LogP contribution in [-0.2, 0) is 22.6 Å². The van der Waals surface area contributed by atoms with Crippen LogP contribution in [-0.4, -0.2) is 25.6 Å². The minimum atomic E-state index is -0.390. The molecule has 8 heteroatoms. The second-order valence-corrected chi connectivity index (χ2v) is 6.09. The van der Waals surface area contributed by atoms with Crippen molar-refractivity contribution in [3.63, 3.8) is 0 Å². The fourth-order valence-electron chi connectivity index (χ4n) is 2.43. The molecule has 0 radical (unpaired) electrons. The maximum atomic E-state index is 12.2. The molecule has 0 fully saturated rings. The SMILES string of the molecule is Cc1nc2ncnn2c(C)c1CC(=O)OCc1c(Cl)cccc1Cl. The molecule has 3 rings (SSSR count). The lowest BCUT2D eigenvalue weighted by molar-refractivity contribution is -0.144. The zero-order chi connectivity index (χ0) is 17.3. The van der Waals surface area contributed by atoms with Crippen molar-refractivity contribution < 1.29 is 9.53 Å². The lowest BCUT2D eigenvalue weighted by Gasteiger charge is -2.11. The number of hydrogen-bond acceptors (Lipinski definition) is 5. The van der Waals surface area contributed by atoms with E-state index in [1.165, 1.54) is 6.33 Å². The Bertz CT molecular complexity index is 904. The number of carbonyl (C=O) groups excluding carboxylic acids is 1. The summed E-state index contributed by atoms with van der Waals surface area (Å²) in [6.45, 7) is 3.72. The van der Waals surface area contributed by atoms with E-state index in [1.54, 1.807) is 22.7 Å². The third-order valence-electron chi connectivity index (χ3n) is 3.75. The first-order chi connectivity index (χ1) is 11.5. The first-order valence-corrected chi connectivity index (χ1v) is 7.97. The normalized spacial score (nSPS) is 11.0. The predicted molar refractivity (Wildman–Crippen MR) is 90.2 cm³/mol. The molecule has 0 aliphatic carbocycles. The van der Waals surface area contributed by atoms with Crippen LogP contribution < -0.4 is 0 Å². The summed E-state index contributed by atoms with van der Waals surface area (Å²) in [5.74, 6) is 0.114. The van der Waals surface area contributed by atoms with Crippen LogP contribution in [0.3, 0.4) is 0 Å². The quantitative estimate of drug-likeness (QED) is 0.664. The summed E-state index contributed by atoms with van der Waals surface area (Å²) in [6, 6.07) is 5.14. The van der Waals surface area contributed by atoms with Crippen molar-refractivity contribution >= 4 is 34.9 Å². The fourth-order valence-corrected chi connectivity index (χ4v) is 2.94. The van der Waals surface area contributed by atoms with Crippen LogP contribution in [0.1, 0.15) is 22.5 Å². The van der Waals surface area contributed by atoms with Gasteiger partial charge in [-0.3, -0.25) is 4.79 Å². The Morgan fingerprint density at radius 2 is 1.92 bits per heavy atom. The Morgan fingerprint density at radius 3 is 2.62 bits per heavy atom. The first-order valence-electron chi connectivity index (χ1n) is 7.21. The van der Waals surface area contributed by atoms with Gasteiger partial charge in [-0.25, -0.2) is 9.50 Å². The van der Waals surface area contributed by atoms with E-state index in [0.717, 1.165) is 17.0 Å². The molecule has 0 saturated heterocycles. The summed E-state index contributed by atoms with van der Waals surface area (Å²) >= 11 is 12.1. The highest BCUT2D eigenvalue weighted by atomic mass is 35.5. The smallest absolute Gasteiger partial charge is 0.310 e. The maximum absolute atomic E-state index is 12.2. The molecular weight excluding hydrogens is 351 g/mol. The molecule has 2 aromatic heterocycles. The minimum absolute atomic E-state index is 0.0223. The topological polar surface area (TPSA) is 69.4 Å². The molecular formula is C16H14Cl2N4O2. The van der Waals surface area contributed by atoms with E-state index >= 15 is 0 Å². The van der Waals surface area contributed by atoms with Gasteiger partial charge in [-0.1, -0.05) is 29.3 Å². The molecule has 6 nitrogen and oxygen atoms in total. The number of halogens is 2. The molecule has 0 N–H and O–H groups in total. The fraction of sp³-hybridized carbons (Fsp3) is 0.250. The van der Waals surface area contributed by atoms with Gasteiger partial charge in [-0.2, -0.15) is 10.1 Å². The van der Waals surface area contributed by atoms with Crippen molar-refractivity contribution in [2.24, 2.45) is 0 Å². The number of esters is 1. The van der Waals surface area contributed by atoms with Gasteiger partial charge in [-0.15, -0.1) is 0 Å². The molecule has 3 aromatic rings. The van der Waals surface area contributed by atoms with Gasteiger partial charge < -0.3 is 4.74 Å². The Balaban J connectivity index is 1.76. The van der Waals surface area contributed by atoms with Crippen molar-refractivity contribution in [2.75, 3.05) is 0 Å². The molecule has 0 amide bonds. The molecule has 0 unspecified atom stereocenters. The number of aryl methyl sites for hydroxylation is 2. The van der Waals surface area contributed by atoms with E-state index in [1.807, 2.05) is 13.8 Å². The zero-order valence-corrected chi connectivity index (χ0v) is 14.6. The van der Waals surface area contributed by atoms with E-state index in [9.17, 15) is 4.79 Å². The standard InChI is InChI=1S/C16H14Cl2N4O2/c1-9-11(10(2)22-16(21-9)19-8-20-22)6-15(23)24-7-12-13(17)4-3-5-14(12)18/h3-5,8H,6-7H2,1-2H3. The molecule has 2 heterocycles. The Morgan fingerprint density at radius 1 is 1.21 bits per heavy atom. The number of nitrogens with zero attached hydrogens (tertiary/aromatic N) is 4. The van der Waals surface area contributed by atoms with Crippen LogP contribution in [0.2, 0.25) is 10.0 Å². The van der Waals surface area contributed by atoms with Gasteiger partial charge in [0.1, 0.15) is 12.9 Å². The summed E-state index contributed by atoms with van der Waals surface area (Å²) < 4.78 is 6.91. The summed E-state index contributed by atoms with van der Waals surface area (Å²) in [4.78, 5) is 20.6. The number of carbonyl (C=O) groups is 1. The Kier molecular flexibility index (Phi) is 4.69. The molecule has 0 aliphatic heterocycles. The number of rotatable bonds is 4. The van der Waals surface area contributed by atoms with E-state index in [2.05, 4.69) is 15.1 Å². The van der Waals surface area contributed by atoms with Gasteiger partial charge in [0.15, 0.2) is 0 Å². The van der Waals surface area contributed by atoms with Crippen molar-refractivity contribution in [2.45, 2.75) is 26.9 Å². The van der Waals surface area contributed by atoms with Crippen LogP contribution in [0, 0.1) is 13.8 Å². The summed E-state index contributed by atoms with van der Waals surface area (Å²) in [5, 5.41) is 5.03. The molecule has 0 spiro atoms. The Labute approximate surface area is 148 Å². The average Bonchev–Trinajstić information content (AvgIpc) is 2.99. The molecule has 0 bridgehead atoms. The van der Waals surface area contributed by atoms with Gasteiger partial charge in [0.25, 0.3) is 5.78 Å². The van der Waals surface area contributed by atoms with Crippen LogP contribution in [0.15, 0.2) is 24.5 Å². The monoisotopic (exact) mass is 364 g/mol. The van der Waals surface area contributed by atoms with Crippen molar-refractivity contribution in [1.82, 2.24) is 19.6 Å².